The van der Waals surface area contributed by atoms with Crippen molar-refractivity contribution in [2.45, 2.75) is 36.6 Å². The van der Waals surface area contributed by atoms with Gasteiger partial charge in [0.15, 0.2) is 11.5 Å². The number of hydrogen-bond donors (Lipinski definition) is 0. The second-order valence-electron chi connectivity index (χ2n) is 6.80. The normalized spacial score (nSPS) is 36.2. The minimum atomic E-state index is -0.0514. The van der Waals surface area contributed by atoms with Crippen LogP contribution >= 0.6 is 0 Å². The van der Waals surface area contributed by atoms with E-state index < -0.39 is 0 Å². The predicted molar refractivity (Wildman–Crippen MR) is 90.6 cm³/mol. The molecule has 0 radical (unpaired) electrons. The summed E-state index contributed by atoms with van der Waals surface area (Å²) >= 11 is 0. The molecule has 1 aliphatic carbocycles. The van der Waals surface area contributed by atoms with Crippen LogP contribution in [0.1, 0.15) is 30.2 Å². The van der Waals surface area contributed by atoms with Crippen LogP contribution in [-0.2, 0) is 14.9 Å². The maximum Gasteiger partial charge on any atom is 0.161 e. The zero-order valence-corrected chi connectivity index (χ0v) is 14.7. The molecule has 0 amide bonds. The SMILES string of the molecule is COc1cc2c(cc1OC)[C@@]13C=C[C@@H](OC)C[C@@H]1N(CC3)[C@H]2OC. The van der Waals surface area contributed by atoms with Crippen molar-refractivity contribution in [3.05, 3.63) is 35.4 Å². The standard InChI is InChI=1S/C19H25NO4/c1-21-12-5-6-19-7-8-20(17(19)9-12)18(24-4)13-10-15(22-2)16(23-3)11-14(13)19/h5-6,10-12,17-18H,7-9H2,1-4H3/t12-,17+,18+,19+/m1/s1. The molecule has 1 fully saturated rings. The molecule has 2 aliphatic heterocycles. The Morgan fingerprint density at radius 2 is 1.79 bits per heavy atom. The van der Waals surface area contributed by atoms with Crippen molar-refractivity contribution >= 4 is 0 Å². The quantitative estimate of drug-likeness (QED) is 0.793. The minimum absolute atomic E-state index is 0.0128. The third-order valence-corrected chi connectivity index (χ3v) is 5.99. The highest BCUT2D eigenvalue weighted by molar-refractivity contribution is 5.56. The fraction of sp³-hybridized carbons (Fsp3) is 0.579. The van der Waals surface area contributed by atoms with Gasteiger partial charge in [-0.15, -0.1) is 0 Å². The van der Waals surface area contributed by atoms with Crippen LogP contribution in [0.3, 0.4) is 0 Å². The van der Waals surface area contributed by atoms with Crippen LogP contribution in [0.15, 0.2) is 24.3 Å². The zero-order chi connectivity index (χ0) is 16.9. The Bertz CT molecular complexity index is 674. The van der Waals surface area contributed by atoms with Crippen LogP contribution in [-0.4, -0.2) is 52.0 Å². The van der Waals surface area contributed by atoms with E-state index in [1.165, 1.54) is 11.1 Å². The van der Waals surface area contributed by atoms with E-state index >= 15 is 0 Å². The van der Waals surface area contributed by atoms with E-state index in [1.54, 1.807) is 28.4 Å². The topological polar surface area (TPSA) is 40.2 Å². The van der Waals surface area contributed by atoms with Gasteiger partial charge in [-0.25, -0.2) is 0 Å². The highest BCUT2D eigenvalue weighted by Crippen LogP contribution is 2.56. The highest BCUT2D eigenvalue weighted by atomic mass is 16.5. The fourth-order valence-corrected chi connectivity index (χ4v) is 4.85. The first kappa shape index (κ1) is 15.9. The van der Waals surface area contributed by atoms with Gasteiger partial charge in [0, 0.05) is 37.8 Å². The monoisotopic (exact) mass is 331 g/mol. The van der Waals surface area contributed by atoms with E-state index in [0.717, 1.165) is 30.9 Å². The molecule has 130 valence electrons. The van der Waals surface area contributed by atoms with Crippen molar-refractivity contribution in [1.82, 2.24) is 4.90 Å². The summed E-state index contributed by atoms with van der Waals surface area (Å²) in [4.78, 5) is 2.48. The summed E-state index contributed by atoms with van der Waals surface area (Å²) in [6.07, 6.45) is 6.76. The van der Waals surface area contributed by atoms with Crippen LogP contribution in [0.2, 0.25) is 0 Å². The van der Waals surface area contributed by atoms with Gasteiger partial charge in [-0.3, -0.25) is 4.90 Å². The van der Waals surface area contributed by atoms with Gasteiger partial charge >= 0.3 is 0 Å². The van der Waals surface area contributed by atoms with E-state index in [0.29, 0.717) is 6.04 Å². The van der Waals surface area contributed by atoms with Gasteiger partial charge in [0.05, 0.1) is 20.3 Å². The van der Waals surface area contributed by atoms with Gasteiger partial charge in [0.1, 0.15) is 6.23 Å². The number of benzene rings is 1. The zero-order valence-electron chi connectivity index (χ0n) is 14.7. The lowest BCUT2D eigenvalue weighted by Crippen LogP contribution is -2.51. The molecule has 5 nitrogen and oxygen atoms in total. The summed E-state index contributed by atoms with van der Waals surface area (Å²) in [5, 5.41) is 0. The van der Waals surface area contributed by atoms with Crippen molar-refractivity contribution in [2.24, 2.45) is 0 Å². The van der Waals surface area contributed by atoms with Crippen LogP contribution in [0.4, 0.5) is 0 Å². The van der Waals surface area contributed by atoms with E-state index in [-0.39, 0.29) is 17.7 Å². The number of hydrogen-bond acceptors (Lipinski definition) is 5. The first-order chi connectivity index (χ1) is 11.7. The summed E-state index contributed by atoms with van der Waals surface area (Å²) in [6, 6.07) is 4.62. The lowest BCUT2D eigenvalue weighted by Gasteiger charge is -2.48. The maximum absolute atomic E-state index is 5.90. The van der Waals surface area contributed by atoms with Gasteiger partial charge in [0.2, 0.25) is 0 Å². The maximum atomic E-state index is 5.90. The Morgan fingerprint density at radius 1 is 1.04 bits per heavy atom. The molecule has 0 aromatic heterocycles. The molecular weight excluding hydrogens is 306 g/mol. The summed E-state index contributed by atoms with van der Waals surface area (Å²) < 4.78 is 22.6. The molecule has 0 N–H and O–H groups in total. The molecule has 5 heteroatoms. The Labute approximate surface area is 143 Å². The molecule has 1 aromatic rings. The van der Waals surface area contributed by atoms with Gasteiger partial charge in [0.25, 0.3) is 0 Å². The van der Waals surface area contributed by atoms with E-state index in [4.69, 9.17) is 18.9 Å². The van der Waals surface area contributed by atoms with Crippen LogP contribution in [0.25, 0.3) is 0 Å². The molecule has 1 aromatic carbocycles. The van der Waals surface area contributed by atoms with Crippen LogP contribution in [0, 0.1) is 0 Å². The van der Waals surface area contributed by atoms with Gasteiger partial charge in [-0.05, 0) is 30.5 Å². The largest absolute Gasteiger partial charge is 0.493 e. The predicted octanol–water partition coefficient (Wildman–Crippen LogP) is 2.65. The van der Waals surface area contributed by atoms with Crippen molar-refractivity contribution in [1.29, 1.82) is 0 Å². The lowest BCUT2D eigenvalue weighted by molar-refractivity contribution is -0.0668. The summed E-state index contributed by atoms with van der Waals surface area (Å²) in [5.41, 5.74) is 2.50. The molecule has 1 unspecified atom stereocenters. The first-order valence-electron chi connectivity index (χ1n) is 8.45. The molecule has 0 spiro atoms. The first-order valence-corrected chi connectivity index (χ1v) is 8.45. The third kappa shape index (κ3) is 1.98. The third-order valence-electron chi connectivity index (χ3n) is 5.99. The average Bonchev–Trinajstić information content (AvgIpc) is 2.95. The van der Waals surface area contributed by atoms with Gasteiger partial charge < -0.3 is 18.9 Å². The fourth-order valence-electron chi connectivity index (χ4n) is 4.85. The highest BCUT2D eigenvalue weighted by Gasteiger charge is 2.56. The number of fused-ring (bicyclic) bond motifs is 1. The summed E-state index contributed by atoms with van der Waals surface area (Å²) in [5.74, 6) is 1.53. The molecule has 1 saturated heterocycles. The number of rotatable bonds is 4. The Balaban J connectivity index is 1.92. The molecule has 2 bridgehead atoms. The Hall–Kier alpha value is -1.56. The molecule has 2 heterocycles. The molecule has 24 heavy (non-hydrogen) atoms. The van der Waals surface area contributed by atoms with E-state index in [1.807, 2.05) is 0 Å². The molecule has 0 saturated carbocycles. The minimum Gasteiger partial charge on any atom is -0.493 e. The Morgan fingerprint density at radius 3 is 2.46 bits per heavy atom. The number of ether oxygens (including phenoxy) is 4. The van der Waals surface area contributed by atoms with Crippen molar-refractivity contribution in [3.8, 4) is 11.5 Å². The number of nitrogens with zero attached hydrogens (tertiary/aromatic N) is 1. The average molecular weight is 331 g/mol. The number of methoxy groups -OCH3 is 4. The lowest BCUT2D eigenvalue weighted by atomic mass is 9.66. The molecule has 5 atom stereocenters. The molecular formula is C19H25NO4. The summed E-state index contributed by atoms with van der Waals surface area (Å²) in [6.45, 7) is 1.02. The summed E-state index contributed by atoms with van der Waals surface area (Å²) in [7, 11) is 6.93. The second kappa shape index (κ2) is 5.76. The van der Waals surface area contributed by atoms with E-state index in [2.05, 4.69) is 29.2 Å². The van der Waals surface area contributed by atoms with Crippen LogP contribution in [0.5, 0.6) is 11.5 Å². The van der Waals surface area contributed by atoms with Crippen molar-refractivity contribution in [2.75, 3.05) is 35.0 Å². The Kier molecular flexibility index (Phi) is 3.82. The van der Waals surface area contributed by atoms with Crippen LogP contribution < -0.4 is 9.47 Å². The van der Waals surface area contributed by atoms with Crippen molar-refractivity contribution < 1.29 is 18.9 Å². The van der Waals surface area contributed by atoms with Gasteiger partial charge in [-0.2, -0.15) is 0 Å². The van der Waals surface area contributed by atoms with E-state index in [9.17, 15) is 0 Å². The van der Waals surface area contributed by atoms with Crippen molar-refractivity contribution in [3.63, 3.8) is 0 Å². The molecule has 3 aliphatic rings. The smallest absolute Gasteiger partial charge is 0.161 e. The molecule has 4 rings (SSSR count). The van der Waals surface area contributed by atoms with Gasteiger partial charge in [-0.1, -0.05) is 12.2 Å². The second-order valence-corrected chi connectivity index (χ2v) is 6.80.